The van der Waals surface area contributed by atoms with Crippen molar-refractivity contribution in [2.24, 2.45) is 0 Å². The number of benzene rings is 10. The van der Waals surface area contributed by atoms with E-state index in [4.69, 9.17) is 0 Å². The van der Waals surface area contributed by atoms with E-state index in [2.05, 4.69) is 232 Å². The smallest absolute Gasteiger partial charge is 0.0540 e. The van der Waals surface area contributed by atoms with Crippen molar-refractivity contribution in [3.63, 3.8) is 0 Å². The van der Waals surface area contributed by atoms with Gasteiger partial charge in [0.25, 0.3) is 0 Å². The van der Waals surface area contributed by atoms with Crippen LogP contribution >= 0.6 is 0 Å². The van der Waals surface area contributed by atoms with Crippen LogP contribution in [-0.4, -0.2) is 0 Å². The second-order valence-corrected chi connectivity index (χ2v) is 15.5. The van der Waals surface area contributed by atoms with E-state index in [0.717, 1.165) is 22.7 Å². The molecule has 2 heteroatoms. The maximum Gasteiger partial charge on any atom is 0.0540 e. The lowest BCUT2D eigenvalue weighted by Gasteiger charge is -2.32. The predicted octanol–water partition coefficient (Wildman–Crippen LogP) is 16.1. The molecule has 0 spiro atoms. The van der Waals surface area contributed by atoms with Crippen LogP contribution in [0.25, 0.3) is 54.6 Å². The second kappa shape index (κ2) is 14.4. The van der Waals surface area contributed by atoms with Crippen molar-refractivity contribution in [2.45, 2.75) is 27.7 Å². The van der Waals surface area contributed by atoms with Crippen LogP contribution < -0.4 is 9.80 Å². The Bertz CT molecular complexity index is 2870. The van der Waals surface area contributed by atoms with E-state index < -0.39 is 0 Å². The highest BCUT2D eigenvalue weighted by Crippen LogP contribution is 2.50. The molecule has 0 atom stereocenters. The number of anilines is 6. The third-order valence-electron chi connectivity index (χ3n) is 12.0. The Labute approximate surface area is 341 Å². The van der Waals surface area contributed by atoms with Gasteiger partial charge in [0.05, 0.1) is 22.7 Å². The van der Waals surface area contributed by atoms with Gasteiger partial charge in [0.1, 0.15) is 0 Å². The number of hydrogen-bond donors (Lipinski definition) is 0. The van der Waals surface area contributed by atoms with Gasteiger partial charge in [-0.2, -0.15) is 0 Å². The molecule has 0 N–H and O–H groups in total. The first-order chi connectivity index (χ1) is 28.5. The molecule has 0 aliphatic carbocycles. The van der Waals surface area contributed by atoms with E-state index in [1.807, 2.05) is 0 Å². The van der Waals surface area contributed by atoms with Crippen molar-refractivity contribution >= 4 is 66.4 Å². The molecule has 0 bridgehead atoms. The van der Waals surface area contributed by atoms with Gasteiger partial charge in [0.15, 0.2) is 0 Å². The minimum absolute atomic E-state index is 1.13. The molecule has 0 saturated carbocycles. The van der Waals surface area contributed by atoms with Crippen LogP contribution in [0.15, 0.2) is 194 Å². The van der Waals surface area contributed by atoms with Crippen LogP contribution in [0.5, 0.6) is 0 Å². The van der Waals surface area contributed by atoms with Crippen LogP contribution in [0.2, 0.25) is 0 Å². The molecule has 0 saturated heterocycles. The SMILES string of the molecule is Cc1ccc(-c2ccccc2)c(C)c1N(c1ccccc1)c1ccc2ccc3ccc(N(c4ccccc4)c4c(C)ccc(-c5ccccc5)c4C)c4ccc1c2c34. The molecule has 0 aliphatic heterocycles. The molecular weight excluding hydrogens is 701 g/mol. The van der Waals surface area contributed by atoms with E-state index in [-0.39, 0.29) is 0 Å². The Balaban J connectivity index is 1.24. The topological polar surface area (TPSA) is 6.48 Å². The van der Waals surface area contributed by atoms with E-state index in [1.165, 1.54) is 88.2 Å². The van der Waals surface area contributed by atoms with Crippen molar-refractivity contribution in [3.05, 3.63) is 216 Å². The van der Waals surface area contributed by atoms with Gasteiger partial charge in [-0.3, -0.25) is 0 Å². The van der Waals surface area contributed by atoms with Crippen molar-refractivity contribution in [1.29, 1.82) is 0 Å². The normalized spacial score (nSPS) is 11.4. The first-order valence-corrected chi connectivity index (χ1v) is 20.2. The molecule has 0 amide bonds. The van der Waals surface area contributed by atoms with Crippen molar-refractivity contribution in [1.82, 2.24) is 0 Å². The van der Waals surface area contributed by atoms with E-state index >= 15 is 0 Å². The number of nitrogens with zero attached hydrogens (tertiary/aromatic N) is 2. The standard InChI is InChI=1S/C56H44N2/c1-37-25-31-47(41-17-9-5-10-18-41)39(3)55(37)57(45-21-13-7-14-22-45)51-35-29-43-27-28-44-30-36-52(50-34-33-49(51)53(43)54(44)50)58(46-23-15-8-16-24-46)56-38(2)26-32-48(40(56)4)42-19-11-6-12-20-42/h5-36H,1-4H3. The summed E-state index contributed by atoms with van der Waals surface area (Å²) in [6.07, 6.45) is 0. The Morgan fingerprint density at radius 3 is 1.03 bits per heavy atom. The van der Waals surface area contributed by atoms with Gasteiger partial charge in [0.2, 0.25) is 0 Å². The maximum atomic E-state index is 2.49. The van der Waals surface area contributed by atoms with Gasteiger partial charge in [-0.15, -0.1) is 0 Å². The molecule has 0 radical (unpaired) electrons. The van der Waals surface area contributed by atoms with Crippen molar-refractivity contribution < 1.29 is 0 Å². The summed E-state index contributed by atoms with van der Waals surface area (Å²) in [6, 6.07) is 70.9. The van der Waals surface area contributed by atoms with Crippen LogP contribution in [0, 0.1) is 27.7 Å². The quantitative estimate of drug-likeness (QED) is 0.143. The third-order valence-corrected chi connectivity index (χ3v) is 12.0. The number of para-hydroxylation sites is 2. The summed E-state index contributed by atoms with van der Waals surface area (Å²) in [5, 5.41) is 7.49. The highest BCUT2D eigenvalue weighted by atomic mass is 15.2. The molecule has 10 aromatic rings. The summed E-state index contributed by atoms with van der Waals surface area (Å²) < 4.78 is 0. The van der Waals surface area contributed by atoms with Crippen molar-refractivity contribution in [3.8, 4) is 22.3 Å². The Kier molecular flexibility index (Phi) is 8.76. The average Bonchev–Trinajstić information content (AvgIpc) is 3.27. The molecule has 0 fully saturated rings. The summed E-state index contributed by atoms with van der Waals surface area (Å²) in [7, 11) is 0. The van der Waals surface area contributed by atoms with Gasteiger partial charge in [-0.25, -0.2) is 0 Å². The zero-order valence-corrected chi connectivity index (χ0v) is 33.4. The first-order valence-electron chi connectivity index (χ1n) is 20.2. The van der Waals surface area contributed by atoms with Gasteiger partial charge in [-0.1, -0.05) is 158 Å². The van der Waals surface area contributed by atoms with Gasteiger partial charge < -0.3 is 9.80 Å². The summed E-state index contributed by atoms with van der Waals surface area (Å²) >= 11 is 0. The maximum absolute atomic E-state index is 2.49. The molecule has 0 heterocycles. The van der Waals surface area contributed by atoms with Crippen LogP contribution in [0.1, 0.15) is 22.3 Å². The fourth-order valence-electron chi connectivity index (χ4n) is 9.31. The lowest BCUT2D eigenvalue weighted by atomic mass is 9.90. The minimum Gasteiger partial charge on any atom is -0.309 e. The van der Waals surface area contributed by atoms with Gasteiger partial charge in [0, 0.05) is 22.1 Å². The van der Waals surface area contributed by atoms with Crippen LogP contribution in [0.3, 0.4) is 0 Å². The van der Waals surface area contributed by atoms with Gasteiger partial charge >= 0.3 is 0 Å². The van der Waals surface area contributed by atoms with Crippen LogP contribution in [-0.2, 0) is 0 Å². The molecule has 0 aliphatic rings. The number of rotatable bonds is 8. The Morgan fingerprint density at radius 2 is 0.655 bits per heavy atom. The Hall–Kier alpha value is -7.16. The summed E-state index contributed by atoms with van der Waals surface area (Å²) in [6.45, 7) is 9.03. The zero-order chi connectivity index (χ0) is 39.3. The first kappa shape index (κ1) is 35.3. The monoisotopic (exact) mass is 744 g/mol. The molecule has 2 nitrogen and oxygen atoms in total. The van der Waals surface area contributed by atoms with Crippen molar-refractivity contribution in [2.75, 3.05) is 9.80 Å². The van der Waals surface area contributed by atoms with Gasteiger partial charge in [-0.05, 0) is 130 Å². The summed E-state index contributed by atoms with van der Waals surface area (Å²) in [4.78, 5) is 4.98. The van der Waals surface area contributed by atoms with Crippen LogP contribution in [0.4, 0.5) is 34.1 Å². The molecule has 10 rings (SSSR count). The number of hydrogen-bond acceptors (Lipinski definition) is 2. The lowest BCUT2D eigenvalue weighted by molar-refractivity contribution is 1.23. The molecule has 0 unspecified atom stereocenters. The molecule has 10 aromatic carbocycles. The molecule has 278 valence electrons. The number of aryl methyl sites for hydroxylation is 2. The second-order valence-electron chi connectivity index (χ2n) is 15.5. The van der Waals surface area contributed by atoms with E-state index in [1.54, 1.807) is 0 Å². The van der Waals surface area contributed by atoms with E-state index in [9.17, 15) is 0 Å². The average molecular weight is 745 g/mol. The highest BCUT2D eigenvalue weighted by Gasteiger charge is 2.25. The lowest BCUT2D eigenvalue weighted by Crippen LogP contribution is -2.14. The van der Waals surface area contributed by atoms with E-state index in [0.29, 0.717) is 0 Å². The summed E-state index contributed by atoms with van der Waals surface area (Å²) in [5.41, 5.74) is 16.9. The molecule has 58 heavy (non-hydrogen) atoms. The highest BCUT2D eigenvalue weighted by molar-refractivity contribution is 6.28. The molecule has 0 aromatic heterocycles. The fraction of sp³-hybridized carbons (Fsp3) is 0.0714. The molecular formula is C56H44N2. The fourth-order valence-corrected chi connectivity index (χ4v) is 9.31. The largest absolute Gasteiger partial charge is 0.309 e. The summed E-state index contributed by atoms with van der Waals surface area (Å²) in [5.74, 6) is 0. The minimum atomic E-state index is 1.13. The predicted molar refractivity (Wildman–Crippen MR) is 249 cm³/mol. The third kappa shape index (κ3) is 5.80. The Morgan fingerprint density at radius 1 is 0.310 bits per heavy atom. The zero-order valence-electron chi connectivity index (χ0n) is 33.4.